The number of hydrogen-bond donors (Lipinski definition) is 2. The molecule has 0 unspecified atom stereocenters. The van der Waals surface area contributed by atoms with E-state index in [1.165, 1.54) is 9.75 Å². The molecule has 0 bridgehead atoms. The molecule has 2 N–H and O–H groups in total. The highest BCUT2D eigenvalue weighted by Gasteiger charge is 2.04. The summed E-state index contributed by atoms with van der Waals surface area (Å²) in [5.41, 5.74) is 1.14. The molecule has 0 amide bonds. The summed E-state index contributed by atoms with van der Waals surface area (Å²) >= 11 is 3.50. The first-order valence-electron chi connectivity index (χ1n) is 5.73. The Balaban J connectivity index is 1.57. The van der Waals surface area contributed by atoms with Gasteiger partial charge in [0.1, 0.15) is 5.01 Å². The van der Waals surface area contributed by atoms with Gasteiger partial charge in [-0.15, -0.1) is 22.7 Å². The van der Waals surface area contributed by atoms with E-state index < -0.39 is 0 Å². The summed E-state index contributed by atoms with van der Waals surface area (Å²) < 4.78 is 0. The van der Waals surface area contributed by atoms with Gasteiger partial charge in [0, 0.05) is 30.4 Å². The van der Waals surface area contributed by atoms with Crippen LogP contribution in [0.1, 0.15) is 9.88 Å². The average molecular weight is 275 g/mol. The summed E-state index contributed by atoms with van der Waals surface area (Å²) in [5, 5.41) is 6.63. The van der Waals surface area contributed by atoms with Crippen LogP contribution in [0.4, 0.5) is 0 Å². The molecular weight excluding hydrogens is 262 g/mol. The number of rotatable bonds is 5. The van der Waals surface area contributed by atoms with Crippen molar-refractivity contribution < 1.29 is 0 Å². The van der Waals surface area contributed by atoms with Gasteiger partial charge in [0.25, 0.3) is 0 Å². The van der Waals surface area contributed by atoms with Gasteiger partial charge in [-0.2, -0.15) is 0 Å². The van der Waals surface area contributed by atoms with E-state index in [9.17, 15) is 0 Å². The van der Waals surface area contributed by atoms with Crippen LogP contribution in [-0.4, -0.2) is 9.97 Å². The predicted octanol–water partition coefficient (Wildman–Crippen LogP) is 3.49. The summed E-state index contributed by atoms with van der Waals surface area (Å²) in [5.74, 6) is 0. The molecule has 0 spiro atoms. The lowest BCUT2D eigenvalue weighted by Gasteiger charge is -1.98. The number of nitrogens with one attached hydrogen (secondary N) is 2. The molecule has 3 heterocycles. The molecule has 0 aromatic carbocycles. The van der Waals surface area contributed by atoms with E-state index in [2.05, 4.69) is 38.9 Å². The topological polar surface area (TPSA) is 40.7 Å². The van der Waals surface area contributed by atoms with Crippen molar-refractivity contribution >= 4 is 22.7 Å². The van der Waals surface area contributed by atoms with Crippen LogP contribution in [-0.2, 0) is 13.1 Å². The van der Waals surface area contributed by atoms with Gasteiger partial charge in [-0.3, -0.25) is 0 Å². The third-order valence-electron chi connectivity index (χ3n) is 2.57. The SMILES string of the molecule is c1c[nH]c(-c2cnc(CNCc3cccs3)s2)c1. The van der Waals surface area contributed by atoms with Crippen molar-refractivity contribution in [2.24, 2.45) is 0 Å². The molecule has 0 aliphatic heterocycles. The van der Waals surface area contributed by atoms with E-state index in [1.54, 1.807) is 22.7 Å². The third-order valence-corrected chi connectivity index (χ3v) is 4.48. The molecule has 0 radical (unpaired) electrons. The third kappa shape index (κ3) is 2.69. The molecule has 18 heavy (non-hydrogen) atoms. The number of hydrogen-bond acceptors (Lipinski definition) is 4. The highest BCUT2D eigenvalue weighted by atomic mass is 32.1. The van der Waals surface area contributed by atoms with Gasteiger partial charge in [-0.25, -0.2) is 4.98 Å². The molecule has 3 rings (SSSR count). The van der Waals surface area contributed by atoms with Gasteiger partial charge in [-0.1, -0.05) is 6.07 Å². The molecule has 0 saturated carbocycles. The van der Waals surface area contributed by atoms with Gasteiger partial charge < -0.3 is 10.3 Å². The molecule has 0 saturated heterocycles. The maximum absolute atomic E-state index is 4.43. The first-order valence-corrected chi connectivity index (χ1v) is 7.43. The Hall–Kier alpha value is -1.43. The zero-order valence-electron chi connectivity index (χ0n) is 9.72. The van der Waals surface area contributed by atoms with Crippen molar-refractivity contribution in [2.45, 2.75) is 13.1 Å². The molecule has 0 aliphatic rings. The van der Waals surface area contributed by atoms with Crippen molar-refractivity contribution in [1.82, 2.24) is 15.3 Å². The van der Waals surface area contributed by atoms with Gasteiger partial charge in [0.05, 0.1) is 10.6 Å². The Labute approximate surface area is 114 Å². The summed E-state index contributed by atoms with van der Waals surface area (Å²) in [6, 6.07) is 8.29. The lowest BCUT2D eigenvalue weighted by atomic mass is 10.4. The lowest BCUT2D eigenvalue weighted by molar-refractivity contribution is 0.697. The summed E-state index contributed by atoms with van der Waals surface area (Å²) in [7, 11) is 0. The minimum Gasteiger partial charge on any atom is -0.360 e. The highest BCUT2D eigenvalue weighted by Crippen LogP contribution is 2.24. The largest absolute Gasteiger partial charge is 0.360 e. The zero-order valence-corrected chi connectivity index (χ0v) is 11.4. The van der Waals surface area contributed by atoms with Crippen molar-refractivity contribution in [3.8, 4) is 10.6 Å². The van der Waals surface area contributed by atoms with E-state index in [4.69, 9.17) is 0 Å². The Morgan fingerprint density at radius 2 is 2.22 bits per heavy atom. The van der Waals surface area contributed by atoms with Crippen molar-refractivity contribution in [3.05, 3.63) is 51.9 Å². The van der Waals surface area contributed by atoms with Crippen LogP contribution in [0.5, 0.6) is 0 Å². The molecule has 0 atom stereocenters. The first-order chi connectivity index (χ1) is 8.92. The van der Waals surface area contributed by atoms with E-state index in [0.29, 0.717) is 0 Å². The second-order valence-electron chi connectivity index (χ2n) is 3.88. The van der Waals surface area contributed by atoms with Crippen molar-refractivity contribution in [2.75, 3.05) is 0 Å². The fourth-order valence-corrected chi connectivity index (χ4v) is 3.26. The van der Waals surface area contributed by atoms with Crippen LogP contribution >= 0.6 is 22.7 Å². The predicted molar refractivity (Wildman–Crippen MR) is 76.8 cm³/mol. The molecule has 3 nitrogen and oxygen atoms in total. The van der Waals surface area contributed by atoms with Crippen LogP contribution in [0.15, 0.2) is 42.0 Å². The number of thiazole rings is 1. The molecule has 0 aliphatic carbocycles. The van der Waals surface area contributed by atoms with Crippen LogP contribution in [0, 0.1) is 0 Å². The standard InChI is InChI=1S/C13H13N3S2/c1-4-11(15-5-1)12-8-16-13(18-12)9-14-7-10-3-2-6-17-10/h1-6,8,14-15H,7,9H2. The summed E-state index contributed by atoms with van der Waals surface area (Å²) in [4.78, 5) is 10.2. The number of H-pyrrole nitrogens is 1. The second-order valence-corrected chi connectivity index (χ2v) is 6.03. The van der Waals surface area contributed by atoms with Crippen LogP contribution in [0.3, 0.4) is 0 Å². The Morgan fingerprint density at radius 3 is 3.00 bits per heavy atom. The fourth-order valence-electron chi connectivity index (χ4n) is 1.71. The minimum atomic E-state index is 0.823. The lowest BCUT2D eigenvalue weighted by Crippen LogP contribution is -2.11. The van der Waals surface area contributed by atoms with E-state index in [-0.39, 0.29) is 0 Å². The fraction of sp³-hybridized carbons (Fsp3) is 0.154. The monoisotopic (exact) mass is 275 g/mol. The quantitative estimate of drug-likeness (QED) is 0.748. The molecular formula is C13H13N3S2. The number of aromatic nitrogens is 2. The minimum absolute atomic E-state index is 0.823. The maximum atomic E-state index is 4.43. The Bertz CT molecular complexity index is 582. The average Bonchev–Trinajstić information content (AvgIpc) is 3.12. The Kier molecular flexibility index (Phi) is 3.54. The number of thiophene rings is 1. The number of nitrogens with zero attached hydrogens (tertiary/aromatic N) is 1. The van der Waals surface area contributed by atoms with E-state index >= 15 is 0 Å². The highest BCUT2D eigenvalue weighted by molar-refractivity contribution is 7.15. The van der Waals surface area contributed by atoms with Crippen molar-refractivity contribution in [3.63, 3.8) is 0 Å². The molecule has 0 fully saturated rings. The van der Waals surface area contributed by atoms with Crippen LogP contribution in [0.25, 0.3) is 10.6 Å². The van der Waals surface area contributed by atoms with Gasteiger partial charge >= 0.3 is 0 Å². The molecule has 92 valence electrons. The van der Waals surface area contributed by atoms with E-state index in [1.807, 2.05) is 18.5 Å². The first kappa shape index (κ1) is 11.6. The van der Waals surface area contributed by atoms with Gasteiger partial charge in [-0.05, 0) is 23.6 Å². The molecule has 3 aromatic heterocycles. The zero-order chi connectivity index (χ0) is 12.2. The maximum Gasteiger partial charge on any atom is 0.107 e. The Morgan fingerprint density at radius 1 is 1.22 bits per heavy atom. The van der Waals surface area contributed by atoms with Crippen LogP contribution < -0.4 is 5.32 Å². The normalized spacial score (nSPS) is 10.9. The molecule has 3 aromatic rings. The van der Waals surface area contributed by atoms with E-state index in [0.717, 1.165) is 23.8 Å². The van der Waals surface area contributed by atoms with Crippen molar-refractivity contribution in [1.29, 1.82) is 0 Å². The van der Waals surface area contributed by atoms with Crippen LogP contribution in [0.2, 0.25) is 0 Å². The summed E-state index contributed by atoms with van der Waals surface area (Å²) in [6.45, 7) is 1.73. The second kappa shape index (κ2) is 5.48. The van der Waals surface area contributed by atoms with Gasteiger partial charge in [0.15, 0.2) is 0 Å². The van der Waals surface area contributed by atoms with Gasteiger partial charge in [0.2, 0.25) is 0 Å². The number of aromatic amines is 1. The molecule has 5 heteroatoms. The smallest absolute Gasteiger partial charge is 0.107 e. The summed E-state index contributed by atoms with van der Waals surface area (Å²) in [6.07, 6.45) is 3.86.